The van der Waals surface area contributed by atoms with Crippen LogP contribution < -0.4 is 5.32 Å². The number of halogens is 2. The van der Waals surface area contributed by atoms with Gasteiger partial charge < -0.3 is 5.32 Å². The summed E-state index contributed by atoms with van der Waals surface area (Å²) in [5.41, 5.74) is 0.413. The van der Waals surface area contributed by atoms with E-state index >= 15 is 0 Å². The zero-order chi connectivity index (χ0) is 12.3. The Morgan fingerprint density at radius 2 is 2.12 bits per heavy atom. The van der Waals surface area contributed by atoms with Crippen LogP contribution in [-0.4, -0.2) is 6.54 Å². The van der Waals surface area contributed by atoms with Crippen molar-refractivity contribution in [1.82, 2.24) is 5.32 Å². The van der Waals surface area contributed by atoms with E-state index in [9.17, 15) is 8.78 Å². The molecule has 1 saturated carbocycles. The van der Waals surface area contributed by atoms with Gasteiger partial charge in [-0.3, -0.25) is 0 Å². The van der Waals surface area contributed by atoms with Crippen LogP contribution in [0.1, 0.15) is 31.7 Å². The molecule has 0 aliphatic heterocycles. The van der Waals surface area contributed by atoms with Crippen LogP contribution in [0.4, 0.5) is 8.78 Å². The van der Waals surface area contributed by atoms with E-state index in [-0.39, 0.29) is 0 Å². The Kier molecular flexibility index (Phi) is 4.11. The second-order valence-electron chi connectivity index (χ2n) is 5.01. The molecule has 3 heteroatoms. The number of benzene rings is 1. The SMILES string of the molecule is CC1CCCC1CNCc1cccc(F)c1F. The molecular formula is C14H19F2N. The normalized spacial score (nSPS) is 24.2. The highest BCUT2D eigenvalue weighted by molar-refractivity contribution is 5.18. The van der Waals surface area contributed by atoms with Crippen LogP contribution in [0, 0.1) is 23.5 Å². The molecule has 0 amide bonds. The van der Waals surface area contributed by atoms with E-state index in [0.717, 1.165) is 18.5 Å². The Morgan fingerprint density at radius 1 is 1.29 bits per heavy atom. The molecule has 0 bridgehead atoms. The van der Waals surface area contributed by atoms with Crippen molar-refractivity contribution >= 4 is 0 Å². The molecule has 1 fully saturated rings. The fraction of sp³-hybridized carbons (Fsp3) is 0.571. The van der Waals surface area contributed by atoms with Crippen molar-refractivity contribution in [1.29, 1.82) is 0 Å². The van der Waals surface area contributed by atoms with Crippen LogP contribution in [0.2, 0.25) is 0 Å². The molecule has 94 valence electrons. The van der Waals surface area contributed by atoms with Crippen LogP contribution in [0.15, 0.2) is 18.2 Å². The van der Waals surface area contributed by atoms with Gasteiger partial charge in [0.1, 0.15) is 0 Å². The molecule has 1 N–H and O–H groups in total. The Balaban J connectivity index is 1.84. The second-order valence-corrected chi connectivity index (χ2v) is 5.01. The van der Waals surface area contributed by atoms with E-state index in [2.05, 4.69) is 12.2 Å². The van der Waals surface area contributed by atoms with Crippen LogP contribution in [-0.2, 0) is 6.54 Å². The average molecular weight is 239 g/mol. The predicted octanol–water partition coefficient (Wildman–Crippen LogP) is 3.49. The minimum absolute atomic E-state index is 0.410. The first-order valence-electron chi connectivity index (χ1n) is 6.32. The molecule has 0 spiro atoms. The Labute approximate surface area is 101 Å². The molecule has 2 unspecified atom stereocenters. The predicted molar refractivity (Wildman–Crippen MR) is 64.6 cm³/mol. The average Bonchev–Trinajstić information content (AvgIpc) is 2.71. The lowest BCUT2D eigenvalue weighted by Gasteiger charge is -2.16. The maximum absolute atomic E-state index is 13.4. The van der Waals surface area contributed by atoms with Gasteiger partial charge in [0.25, 0.3) is 0 Å². The van der Waals surface area contributed by atoms with Crippen LogP contribution in [0.25, 0.3) is 0 Å². The van der Waals surface area contributed by atoms with Crippen molar-refractivity contribution in [3.05, 3.63) is 35.4 Å². The molecule has 1 aliphatic carbocycles. The van der Waals surface area contributed by atoms with Crippen molar-refractivity contribution in [2.45, 2.75) is 32.7 Å². The van der Waals surface area contributed by atoms with Crippen LogP contribution in [0.3, 0.4) is 0 Å². The number of hydrogen-bond donors (Lipinski definition) is 1. The summed E-state index contributed by atoms with van der Waals surface area (Å²) in [6.45, 7) is 3.58. The van der Waals surface area contributed by atoms with Crippen molar-refractivity contribution in [2.24, 2.45) is 11.8 Å². The van der Waals surface area contributed by atoms with Crippen molar-refractivity contribution in [3.63, 3.8) is 0 Å². The molecule has 0 heterocycles. The molecule has 0 aromatic heterocycles. The zero-order valence-electron chi connectivity index (χ0n) is 10.2. The van der Waals surface area contributed by atoms with E-state index in [1.54, 1.807) is 12.1 Å². The van der Waals surface area contributed by atoms with E-state index < -0.39 is 11.6 Å². The minimum Gasteiger partial charge on any atom is -0.312 e. The summed E-state index contributed by atoms with van der Waals surface area (Å²) in [5, 5.41) is 3.24. The van der Waals surface area contributed by atoms with Crippen molar-refractivity contribution in [3.8, 4) is 0 Å². The van der Waals surface area contributed by atoms with Gasteiger partial charge in [0.15, 0.2) is 11.6 Å². The second kappa shape index (κ2) is 5.58. The zero-order valence-corrected chi connectivity index (χ0v) is 10.2. The van der Waals surface area contributed by atoms with Gasteiger partial charge in [0.2, 0.25) is 0 Å². The third-order valence-corrected chi connectivity index (χ3v) is 3.79. The molecule has 2 rings (SSSR count). The van der Waals surface area contributed by atoms with E-state index in [1.807, 2.05) is 0 Å². The van der Waals surface area contributed by atoms with Gasteiger partial charge in [0, 0.05) is 12.1 Å². The first kappa shape index (κ1) is 12.5. The molecule has 1 nitrogen and oxygen atoms in total. The third-order valence-electron chi connectivity index (χ3n) is 3.79. The minimum atomic E-state index is -0.765. The third kappa shape index (κ3) is 3.03. The monoisotopic (exact) mass is 239 g/mol. The molecule has 1 aromatic carbocycles. The first-order valence-corrected chi connectivity index (χ1v) is 6.32. The largest absolute Gasteiger partial charge is 0.312 e. The Hall–Kier alpha value is -0.960. The van der Waals surface area contributed by atoms with E-state index in [1.165, 1.54) is 19.3 Å². The molecule has 17 heavy (non-hydrogen) atoms. The van der Waals surface area contributed by atoms with E-state index in [4.69, 9.17) is 0 Å². The lowest BCUT2D eigenvalue weighted by Crippen LogP contribution is -2.24. The molecule has 0 radical (unpaired) electrons. The van der Waals surface area contributed by atoms with Gasteiger partial charge in [-0.05, 0) is 30.9 Å². The van der Waals surface area contributed by atoms with Gasteiger partial charge in [0.05, 0.1) is 0 Å². The summed E-state index contributed by atoms with van der Waals surface area (Å²) in [6.07, 6.45) is 3.84. The molecule has 0 saturated heterocycles. The fourth-order valence-corrected chi connectivity index (χ4v) is 2.60. The number of rotatable bonds is 4. The topological polar surface area (TPSA) is 12.0 Å². The highest BCUT2D eigenvalue weighted by atomic mass is 19.2. The quantitative estimate of drug-likeness (QED) is 0.848. The summed E-state index contributed by atoms with van der Waals surface area (Å²) >= 11 is 0. The highest BCUT2D eigenvalue weighted by Crippen LogP contribution is 2.30. The molecule has 2 atom stereocenters. The van der Waals surface area contributed by atoms with Crippen molar-refractivity contribution < 1.29 is 8.78 Å². The van der Waals surface area contributed by atoms with Gasteiger partial charge in [-0.1, -0.05) is 31.9 Å². The van der Waals surface area contributed by atoms with Gasteiger partial charge in [-0.2, -0.15) is 0 Å². The van der Waals surface area contributed by atoms with Crippen LogP contribution in [0.5, 0.6) is 0 Å². The van der Waals surface area contributed by atoms with E-state index in [0.29, 0.717) is 18.0 Å². The fourth-order valence-electron chi connectivity index (χ4n) is 2.60. The summed E-state index contributed by atoms with van der Waals surface area (Å²) in [6, 6.07) is 4.33. The highest BCUT2D eigenvalue weighted by Gasteiger charge is 2.22. The lowest BCUT2D eigenvalue weighted by atomic mass is 9.98. The maximum atomic E-state index is 13.4. The molecular weight excluding hydrogens is 220 g/mol. The summed E-state index contributed by atoms with van der Waals surface area (Å²) < 4.78 is 26.3. The smallest absolute Gasteiger partial charge is 0.163 e. The summed E-state index contributed by atoms with van der Waals surface area (Å²) in [7, 11) is 0. The maximum Gasteiger partial charge on any atom is 0.163 e. The summed E-state index contributed by atoms with van der Waals surface area (Å²) in [5.74, 6) is -0.0514. The van der Waals surface area contributed by atoms with Gasteiger partial charge in [-0.25, -0.2) is 8.78 Å². The number of nitrogens with one attached hydrogen (secondary N) is 1. The van der Waals surface area contributed by atoms with Crippen LogP contribution >= 0.6 is 0 Å². The Bertz CT molecular complexity index is 378. The van der Waals surface area contributed by atoms with Gasteiger partial charge in [-0.15, -0.1) is 0 Å². The van der Waals surface area contributed by atoms with Crippen molar-refractivity contribution in [2.75, 3.05) is 6.54 Å². The standard InChI is InChI=1S/C14H19F2N/c1-10-4-2-5-11(10)8-17-9-12-6-3-7-13(15)14(12)16/h3,6-7,10-11,17H,2,4-5,8-9H2,1H3. The first-order chi connectivity index (χ1) is 8.18. The molecule has 1 aromatic rings. The number of hydrogen-bond acceptors (Lipinski definition) is 1. The summed E-state index contributed by atoms with van der Waals surface area (Å²) in [4.78, 5) is 0. The van der Waals surface area contributed by atoms with Gasteiger partial charge >= 0.3 is 0 Å². The Morgan fingerprint density at radius 3 is 2.82 bits per heavy atom. The molecule has 1 aliphatic rings. The lowest BCUT2D eigenvalue weighted by molar-refractivity contribution is 0.389.